The molecule has 0 unspecified atom stereocenters. The van der Waals surface area contributed by atoms with Gasteiger partial charge in [-0.2, -0.15) is 0 Å². The van der Waals surface area contributed by atoms with Gasteiger partial charge in [0.05, 0.1) is 4.90 Å². The molecule has 0 spiro atoms. The fourth-order valence-electron chi connectivity index (χ4n) is 3.21. The molecule has 0 aromatic heterocycles. The number of hydrogen-bond donors (Lipinski definition) is 0. The average Bonchev–Trinajstić information content (AvgIpc) is 2.67. The standard InChI is InChI=1S/C23H24O2S/c1-3-18-9-11-19(12-10-18)17-23(20-7-5-4-6-8-20)21-13-15-22(16-14-21)26(2,24)25/h4-16,23H,3,17H2,1-2H3/t23-/m1/s1. The van der Waals surface area contributed by atoms with Crippen LogP contribution in [0.3, 0.4) is 0 Å². The highest BCUT2D eigenvalue weighted by Crippen LogP contribution is 2.29. The summed E-state index contributed by atoms with van der Waals surface area (Å²) in [6.45, 7) is 2.16. The van der Waals surface area contributed by atoms with Gasteiger partial charge in [-0.05, 0) is 47.2 Å². The summed E-state index contributed by atoms with van der Waals surface area (Å²) in [5, 5.41) is 0. The van der Waals surface area contributed by atoms with Crippen molar-refractivity contribution in [3.8, 4) is 0 Å². The van der Waals surface area contributed by atoms with Crippen molar-refractivity contribution in [3.63, 3.8) is 0 Å². The summed E-state index contributed by atoms with van der Waals surface area (Å²) >= 11 is 0. The van der Waals surface area contributed by atoms with Crippen LogP contribution in [-0.2, 0) is 22.7 Å². The lowest BCUT2D eigenvalue weighted by atomic mass is 9.86. The zero-order chi connectivity index (χ0) is 18.6. The molecule has 0 aliphatic rings. The summed E-state index contributed by atoms with van der Waals surface area (Å²) in [7, 11) is -3.18. The van der Waals surface area contributed by atoms with Crippen LogP contribution in [0.25, 0.3) is 0 Å². The maximum absolute atomic E-state index is 11.7. The quantitative estimate of drug-likeness (QED) is 0.615. The van der Waals surface area contributed by atoms with E-state index < -0.39 is 9.84 Å². The molecule has 134 valence electrons. The van der Waals surface area contributed by atoms with Crippen molar-refractivity contribution in [3.05, 3.63) is 101 Å². The molecule has 0 heterocycles. The van der Waals surface area contributed by atoms with Crippen LogP contribution in [0, 0.1) is 0 Å². The van der Waals surface area contributed by atoms with Gasteiger partial charge in [-0.3, -0.25) is 0 Å². The molecule has 1 atom stereocenters. The van der Waals surface area contributed by atoms with Crippen molar-refractivity contribution in [2.45, 2.75) is 30.6 Å². The summed E-state index contributed by atoms with van der Waals surface area (Å²) < 4.78 is 23.5. The summed E-state index contributed by atoms with van der Waals surface area (Å²) in [5.74, 6) is 0.192. The predicted octanol–water partition coefficient (Wildman–Crippen LogP) is 5.03. The molecule has 0 fully saturated rings. The van der Waals surface area contributed by atoms with E-state index in [1.54, 1.807) is 12.1 Å². The van der Waals surface area contributed by atoms with E-state index in [-0.39, 0.29) is 5.92 Å². The third-order valence-electron chi connectivity index (χ3n) is 4.78. The summed E-state index contributed by atoms with van der Waals surface area (Å²) in [6.07, 6.45) is 3.16. The molecule has 3 aromatic rings. The molecule has 2 nitrogen and oxygen atoms in total. The Balaban J connectivity index is 1.95. The van der Waals surface area contributed by atoms with Crippen LogP contribution in [0.4, 0.5) is 0 Å². The number of benzene rings is 3. The molecular weight excluding hydrogens is 340 g/mol. The van der Waals surface area contributed by atoms with Gasteiger partial charge in [-0.15, -0.1) is 0 Å². The average molecular weight is 365 g/mol. The highest BCUT2D eigenvalue weighted by atomic mass is 32.2. The van der Waals surface area contributed by atoms with Gasteiger partial charge < -0.3 is 0 Å². The second-order valence-electron chi connectivity index (χ2n) is 6.68. The van der Waals surface area contributed by atoms with Crippen molar-refractivity contribution < 1.29 is 8.42 Å². The topological polar surface area (TPSA) is 34.1 Å². The van der Waals surface area contributed by atoms with Crippen LogP contribution in [0.15, 0.2) is 83.8 Å². The molecule has 0 radical (unpaired) electrons. The fraction of sp³-hybridized carbons (Fsp3) is 0.217. The molecule has 0 saturated carbocycles. The van der Waals surface area contributed by atoms with Crippen molar-refractivity contribution in [2.24, 2.45) is 0 Å². The van der Waals surface area contributed by atoms with E-state index in [9.17, 15) is 8.42 Å². The van der Waals surface area contributed by atoms with Crippen LogP contribution < -0.4 is 0 Å². The molecule has 0 bridgehead atoms. The highest BCUT2D eigenvalue weighted by Gasteiger charge is 2.16. The van der Waals surface area contributed by atoms with E-state index in [4.69, 9.17) is 0 Å². The van der Waals surface area contributed by atoms with Crippen molar-refractivity contribution in [1.29, 1.82) is 0 Å². The lowest BCUT2D eigenvalue weighted by Crippen LogP contribution is -2.06. The van der Waals surface area contributed by atoms with Gasteiger partial charge >= 0.3 is 0 Å². The Kier molecular flexibility index (Phi) is 5.58. The van der Waals surface area contributed by atoms with Crippen molar-refractivity contribution in [2.75, 3.05) is 6.26 Å². The van der Waals surface area contributed by atoms with E-state index in [1.165, 1.54) is 22.9 Å². The normalized spacial score (nSPS) is 12.7. The zero-order valence-electron chi connectivity index (χ0n) is 15.2. The molecule has 0 aliphatic carbocycles. The Morgan fingerprint density at radius 2 is 1.27 bits per heavy atom. The summed E-state index contributed by atoms with van der Waals surface area (Å²) in [5.41, 5.74) is 4.98. The number of rotatable bonds is 6. The second kappa shape index (κ2) is 7.88. The maximum atomic E-state index is 11.7. The maximum Gasteiger partial charge on any atom is 0.175 e. The molecule has 3 heteroatoms. The molecule has 0 saturated heterocycles. The van der Waals surface area contributed by atoms with Gasteiger partial charge in [0.2, 0.25) is 0 Å². The van der Waals surface area contributed by atoms with Crippen LogP contribution in [-0.4, -0.2) is 14.7 Å². The monoisotopic (exact) mass is 364 g/mol. The number of aryl methyl sites for hydroxylation is 1. The lowest BCUT2D eigenvalue weighted by Gasteiger charge is -2.19. The number of hydrogen-bond acceptors (Lipinski definition) is 2. The smallest absolute Gasteiger partial charge is 0.175 e. The van der Waals surface area contributed by atoms with Gasteiger partial charge in [-0.1, -0.05) is 73.7 Å². The van der Waals surface area contributed by atoms with Gasteiger partial charge in [-0.25, -0.2) is 8.42 Å². The first kappa shape index (κ1) is 18.4. The van der Waals surface area contributed by atoms with Gasteiger partial charge in [0.25, 0.3) is 0 Å². The van der Waals surface area contributed by atoms with E-state index in [0.717, 1.165) is 18.4 Å². The summed E-state index contributed by atoms with van der Waals surface area (Å²) in [6, 6.07) is 26.4. The van der Waals surface area contributed by atoms with E-state index in [2.05, 4.69) is 43.3 Å². The molecule has 26 heavy (non-hydrogen) atoms. The van der Waals surface area contributed by atoms with E-state index >= 15 is 0 Å². The Labute approximate surface area is 156 Å². The Hall–Kier alpha value is -2.39. The Bertz CT molecular complexity index is 941. The molecular formula is C23H24O2S. The van der Waals surface area contributed by atoms with Crippen LogP contribution in [0.2, 0.25) is 0 Å². The number of sulfone groups is 1. The van der Waals surface area contributed by atoms with Crippen LogP contribution >= 0.6 is 0 Å². The lowest BCUT2D eigenvalue weighted by molar-refractivity contribution is 0.602. The molecule has 0 N–H and O–H groups in total. The fourth-order valence-corrected chi connectivity index (χ4v) is 3.84. The molecule has 3 aromatic carbocycles. The molecule has 3 rings (SSSR count). The van der Waals surface area contributed by atoms with Crippen molar-refractivity contribution >= 4 is 9.84 Å². The van der Waals surface area contributed by atoms with E-state index in [1.807, 2.05) is 30.3 Å². The Morgan fingerprint density at radius 1 is 0.731 bits per heavy atom. The third-order valence-corrected chi connectivity index (χ3v) is 5.91. The zero-order valence-corrected chi connectivity index (χ0v) is 16.0. The molecule has 0 amide bonds. The minimum absolute atomic E-state index is 0.192. The van der Waals surface area contributed by atoms with Gasteiger partial charge in [0.15, 0.2) is 9.84 Å². The van der Waals surface area contributed by atoms with Crippen LogP contribution in [0.5, 0.6) is 0 Å². The van der Waals surface area contributed by atoms with Crippen molar-refractivity contribution in [1.82, 2.24) is 0 Å². The van der Waals surface area contributed by atoms with Crippen LogP contribution in [0.1, 0.15) is 35.1 Å². The first-order valence-electron chi connectivity index (χ1n) is 8.90. The Morgan fingerprint density at radius 3 is 1.81 bits per heavy atom. The SMILES string of the molecule is CCc1ccc(C[C@H](c2ccccc2)c2ccc(S(C)(=O)=O)cc2)cc1. The van der Waals surface area contributed by atoms with Gasteiger partial charge in [0.1, 0.15) is 0 Å². The first-order chi connectivity index (χ1) is 12.5. The largest absolute Gasteiger partial charge is 0.224 e. The summed E-state index contributed by atoms with van der Waals surface area (Å²) in [4.78, 5) is 0.361. The minimum Gasteiger partial charge on any atom is -0.224 e. The second-order valence-corrected chi connectivity index (χ2v) is 8.69. The van der Waals surface area contributed by atoms with Gasteiger partial charge in [0, 0.05) is 12.2 Å². The molecule has 0 aliphatic heterocycles. The highest BCUT2D eigenvalue weighted by molar-refractivity contribution is 7.90. The van der Waals surface area contributed by atoms with E-state index in [0.29, 0.717) is 4.90 Å². The predicted molar refractivity (Wildman–Crippen MR) is 107 cm³/mol. The third kappa shape index (κ3) is 4.41. The minimum atomic E-state index is -3.18. The first-order valence-corrected chi connectivity index (χ1v) is 10.8.